The maximum Gasteiger partial charge on any atom is 0.347 e. The van der Waals surface area contributed by atoms with Crippen LogP contribution in [-0.4, -0.2) is 16.1 Å². The molecule has 3 nitrogen and oxygen atoms in total. The minimum Gasteiger partial charge on any atom is -0.477 e. The molecule has 1 aromatic carbocycles. The lowest BCUT2D eigenvalue weighted by atomic mass is 10.2. The Bertz CT molecular complexity index is 1040. The number of carboxylic acid groups (broad SMARTS) is 1. The molecule has 4 rings (SSSR count). The van der Waals surface area contributed by atoms with E-state index < -0.39 is 5.97 Å². The lowest BCUT2D eigenvalue weighted by molar-refractivity contribution is 0.0701. The number of thiophene rings is 2. The highest BCUT2D eigenvalue weighted by Gasteiger charge is 2.17. The molecular weight excluding hydrogens is 370 g/mol. The van der Waals surface area contributed by atoms with Crippen molar-refractivity contribution in [2.45, 2.75) is 6.92 Å². The molecule has 1 N–H and O–H groups in total. The smallest absolute Gasteiger partial charge is 0.347 e. The first-order valence-electron chi connectivity index (χ1n) is 7.58. The van der Waals surface area contributed by atoms with Gasteiger partial charge in [0.25, 0.3) is 0 Å². The van der Waals surface area contributed by atoms with Crippen molar-refractivity contribution >= 4 is 40.0 Å². The maximum absolute atomic E-state index is 11.2. The fourth-order valence-corrected chi connectivity index (χ4v) is 5.58. The van der Waals surface area contributed by atoms with Crippen molar-refractivity contribution < 1.29 is 9.90 Å². The number of aryl methyl sites for hydroxylation is 1. The Morgan fingerprint density at radius 3 is 2.08 bits per heavy atom. The summed E-state index contributed by atoms with van der Waals surface area (Å²) in [6.45, 7) is 1.74. The van der Waals surface area contributed by atoms with E-state index in [1.807, 2.05) is 24.3 Å². The second kappa shape index (κ2) is 6.55. The zero-order valence-corrected chi connectivity index (χ0v) is 15.7. The molecule has 3 heterocycles. The number of hydrogen-bond acceptors (Lipinski definition) is 5. The molecule has 25 heavy (non-hydrogen) atoms. The fourth-order valence-electron chi connectivity index (χ4n) is 2.51. The number of rotatable bonds is 4. The van der Waals surface area contributed by atoms with Crippen LogP contribution in [0.4, 0.5) is 0 Å². The highest BCUT2D eigenvalue weighted by Crippen LogP contribution is 2.41. The number of thiazole rings is 1. The summed E-state index contributed by atoms with van der Waals surface area (Å²) in [4.78, 5) is 20.6. The molecule has 6 heteroatoms. The van der Waals surface area contributed by atoms with E-state index in [1.165, 1.54) is 31.5 Å². The summed E-state index contributed by atoms with van der Waals surface area (Å²) < 4.78 is 0. The van der Waals surface area contributed by atoms with Crippen molar-refractivity contribution in [2.24, 2.45) is 0 Å². The van der Waals surface area contributed by atoms with E-state index in [4.69, 9.17) is 0 Å². The van der Waals surface area contributed by atoms with Crippen molar-refractivity contribution in [1.29, 1.82) is 0 Å². The van der Waals surface area contributed by atoms with Gasteiger partial charge in [-0.15, -0.1) is 34.0 Å². The molecule has 4 aromatic rings. The molecule has 0 spiro atoms. The largest absolute Gasteiger partial charge is 0.477 e. The molecule has 0 aliphatic heterocycles. The molecule has 124 valence electrons. The number of hydrogen-bond donors (Lipinski definition) is 1. The molecule has 0 radical (unpaired) electrons. The third-order valence-corrected chi connectivity index (χ3v) is 7.44. The summed E-state index contributed by atoms with van der Waals surface area (Å²) in [6, 6.07) is 18.7. The van der Waals surface area contributed by atoms with Crippen LogP contribution < -0.4 is 0 Å². The number of aromatic carboxylic acids is 1. The normalized spacial score (nSPS) is 10.9. The topological polar surface area (TPSA) is 50.2 Å². The lowest BCUT2D eigenvalue weighted by Gasteiger charge is -1.95. The SMILES string of the molecule is Cc1nc(-c2ccc(-c3ccc(-c4ccccc4)s3)s2)sc1C(=O)O. The van der Waals surface area contributed by atoms with Crippen LogP contribution in [0.2, 0.25) is 0 Å². The van der Waals surface area contributed by atoms with Gasteiger partial charge < -0.3 is 5.11 Å². The van der Waals surface area contributed by atoms with E-state index in [-0.39, 0.29) is 0 Å². The number of carboxylic acids is 1. The van der Waals surface area contributed by atoms with Crippen LogP contribution in [0.3, 0.4) is 0 Å². The number of carbonyl (C=O) groups is 1. The molecule has 0 atom stereocenters. The van der Waals surface area contributed by atoms with Gasteiger partial charge in [-0.25, -0.2) is 9.78 Å². The van der Waals surface area contributed by atoms with Gasteiger partial charge in [0.15, 0.2) is 0 Å². The van der Waals surface area contributed by atoms with Crippen molar-refractivity contribution in [2.75, 3.05) is 0 Å². The van der Waals surface area contributed by atoms with Crippen molar-refractivity contribution in [3.8, 4) is 30.1 Å². The second-order valence-corrected chi connectivity index (χ2v) is 8.60. The average Bonchev–Trinajstić information content (AvgIpc) is 3.34. The number of benzene rings is 1. The van der Waals surface area contributed by atoms with Gasteiger partial charge in [0.05, 0.1) is 10.6 Å². The van der Waals surface area contributed by atoms with Gasteiger partial charge >= 0.3 is 5.97 Å². The van der Waals surface area contributed by atoms with Crippen LogP contribution in [0.5, 0.6) is 0 Å². The van der Waals surface area contributed by atoms with Crippen molar-refractivity contribution in [3.05, 3.63) is 65.2 Å². The first kappa shape index (κ1) is 16.2. The van der Waals surface area contributed by atoms with E-state index in [1.54, 1.807) is 29.6 Å². The molecule has 0 amide bonds. The maximum atomic E-state index is 11.2. The van der Waals surface area contributed by atoms with Crippen LogP contribution in [0.25, 0.3) is 30.1 Å². The minimum atomic E-state index is -0.913. The fraction of sp³-hybridized carbons (Fsp3) is 0.0526. The molecular formula is C19H13NO2S3. The van der Waals surface area contributed by atoms with Gasteiger partial charge in [-0.3, -0.25) is 0 Å². The molecule has 0 aliphatic carbocycles. The van der Waals surface area contributed by atoms with E-state index in [0.29, 0.717) is 10.6 Å². The minimum absolute atomic E-state index is 0.312. The summed E-state index contributed by atoms with van der Waals surface area (Å²) in [5.41, 5.74) is 1.79. The molecule has 0 unspecified atom stereocenters. The zero-order valence-electron chi connectivity index (χ0n) is 13.2. The Morgan fingerprint density at radius 1 is 0.840 bits per heavy atom. The van der Waals surface area contributed by atoms with Gasteiger partial charge in [0, 0.05) is 14.6 Å². The highest BCUT2D eigenvalue weighted by molar-refractivity contribution is 7.27. The molecule has 0 saturated carbocycles. The zero-order chi connectivity index (χ0) is 17.4. The Hall–Kier alpha value is -2.28. The van der Waals surface area contributed by atoms with Crippen LogP contribution in [0.1, 0.15) is 15.4 Å². The van der Waals surface area contributed by atoms with Gasteiger partial charge in [0.2, 0.25) is 0 Å². The standard InChI is InChI=1S/C19H13NO2S3/c1-11-17(19(21)22)25-18(20-11)16-10-9-15(24-16)14-8-7-13(23-14)12-5-3-2-4-6-12/h2-10H,1H3,(H,21,22). The number of aromatic nitrogens is 1. The number of nitrogens with zero attached hydrogens (tertiary/aromatic N) is 1. The Balaban J connectivity index is 1.65. The summed E-state index contributed by atoms with van der Waals surface area (Å²) in [5, 5.41) is 9.97. The van der Waals surface area contributed by atoms with Gasteiger partial charge in [0.1, 0.15) is 9.88 Å². The van der Waals surface area contributed by atoms with Crippen LogP contribution >= 0.6 is 34.0 Å². The Labute approximate surface area is 156 Å². The quantitative estimate of drug-likeness (QED) is 0.451. The molecule has 0 fully saturated rings. The second-order valence-electron chi connectivity index (χ2n) is 5.43. The third kappa shape index (κ3) is 3.16. The molecule has 0 bridgehead atoms. The highest BCUT2D eigenvalue weighted by atomic mass is 32.1. The van der Waals surface area contributed by atoms with Gasteiger partial charge in [-0.2, -0.15) is 0 Å². The Kier molecular flexibility index (Phi) is 4.25. The van der Waals surface area contributed by atoms with Gasteiger partial charge in [-0.05, 0) is 36.8 Å². The van der Waals surface area contributed by atoms with Gasteiger partial charge in [-0.1, -0.05) is 30.3 Å². The van der Waals surface area contributed by atoms with Crippen LogP contribution in [0.15, 0.2) is 54.6 Å². The summed E-state index contributed by atoms with van der Waals surface area (Å²) in [5.74, 6) is -0.913. The van der Waals surface area contributed by atoms with Crippen molar-refractivity contribution in [3.63, 3.8) is 0 Å². The first-order chi connectivity index (χ1) is 12.1. The van der Waals surface area contributed by atoms with Crippen LogP contribution in [-0.2, 0) is 0 Å². The van der Waals surface area contributed by atoms with E-state index in [2.05, 4.69) is 35.3 Å². The first-order valence-corrected chi connectivity index (χ1v) is 10.0. The van der Waals surface area contributed by atoms with E-state index >= 15 is 0 Å². The molecule has 0 saturated heterocycles. The average molecular weight is 384 g/mol. The predicted octanol–water partition coefficient (Wildman–Crippen LogP) is 6.27. The summed E-state index contributed by atoms with van der Waals surface area (Å²) in [6.07, 6.45) is 0. The van der Waals surface area contributed by atoms with Crippen LogP contribution in [0, 0.1) is 6.92 Å². The Morgan fingerprint density at radius 2 is 1.44 bits per heavy atom. The monoisotopic (exact) mass is 383 g/mol. The molecule has 3 aromatic heterocycles. The van der Waals surface area contributed by atoms with E-state index in [0.717, 1.165) is 9.88 Å². The third-order valence-electron chi connectivity index (χ3n) is 3.71. The predicted molar refractivity (Wildman–Crippen MR) is 106 cm³/mol. The van der Waals surface area contributed by atoms with E-state index in [9.17, 15) is 9.90 Å². The summed E-state index contributed by atoms with van der Waals surface area (Å²) >= 11 is 4.64. The lowest BCUT2D eigenvalue weighted by Crippen LogP contribution is -1.94. The summed E-state index contributed by atoms with van der Waals surface area (Å²) in [7, 11) is 0. The van der Waals surface area contributed by atoms with Crippen molar-refractivity contribution in [1.82, 2.24) is 4.98 Å². The molecule has 0 aliphatic rings.